The third-order valence-corrected chi connectivity index (χ3v) is 7.59. The zero-order valence-corrected chi connectivity index (χ0v) is 18.7. The average molecular weight is 478 g/mol. The van der Waals surface area contributed by atoms with E-state index in [1.807, 2.05) is 12.1 Å². The van der Waals surface area contributed by atoms with Gasteiger partial charge in [0.25, 0.3) is 5.69 Å². The second-order valence-corrected chi connectivity index (χ2v) is 9.71. The van der Waals surface area contributed by atoms with Gasteiger partial charge in [-0.2, -0.15) is 8.99 Å². The predicted octanol–water partition coefficient (Wildman–Crippen LogP) is 2.04. The number of halogens is 1. The summed E-state index contributed by atoms with van der Waals surface area (Å²) in [6.07, 6.45) is 0. The summed E-state index contributed by atoms with van der Waals surface area (Å²) in [4.78, 5) is 12.5. The summed E-state index contributed by atoms with van der Waals surface area (Å²) in [7, 11) is -3.85. The molecule has 0 saturated carbocycles. The molecule has 0 spiro atoms. The van der Waals surface area contributed by atoms with Crippen molar-refractivity contribution in [1.29, 1.82) is 0 Å². The van der Waals surface area contributed by atoms with Crippen LogP contribution in [0, 0.1) is 17.0 Å². The van der Waals surface area contributed by atoms with Crippen molar-refractivity contribution in [2.24, 2.45) is 0 Å². The zero-order chi connectivity index (χ0) is 22.9. The van der Waals surface area contributed by atoms with Gasteiger partial charge in [-0.25, -0.2) is 8.42 Å². The van der Waals surface area contributed by atoms with Gasteiger partial charge < -0.3 is 0 Å². The average Bonchev–Trinajstić information content (AvgIpc) is 3.22. The second kappa shape index (κ2) is 8.90. The first-order chi connectivity index (χ1) is 15.3. The quantitative estimate of drug-likeness (QED) is 0.389. The molecule has 0 N–H and O–H groups in total. The lowest BCUT2D eigenvalue weighted by Gasteiger charge is -2.33. The normalized spacial score (nSPS) is 15.7. The molecule has 1 saturated heterocycles. The van der Waals surface area contributed by atoms with E-state index in [4.69, 9.17) is 11.6 Å². The molecule has 0 atom stereocenters. The zero-order valence-electron chi connectivity index (χ0n) is 17.1. The number of tetrazole rings is 1. The molecule has 3 aromatic rings. The number of piperazine rings is 1. The summed E-state index contributed by atoms with van der Waals surface area (Å²) in [6.45, 7) is 3.53. The van der Waals surface area contributed by atoms with Gasteiger partial charge in [-0.05, 0) is 47.2 Å². The fourth-order valence-corrected chi connectivity index (χ4v) is 5.33. The molecule has 2 aromatic carbocycles. The lowest BCUT2D eigenvalue weighted by molar-refractivity contribution is -0.385. The van der Waals surface area contributed by atoms with Crippen molar-refractivity contribution in [2.75, 3.05) is 26.2 Å². The van der Waals surface area contributed by atoms with E-state index in [1.54, 1.807) is 23.7 Å². The first-order valence-electron chi connectivity index (χ1n) is 9.76. The molecule has 13 heteroatoms. The molecule has 0 bridgehead atoms. The van der Waals surface area contributed by atoms with E-state index in [0.717, 1.165) is 11.8 Å². The number of nitro groups is 1. The highest BCUT2D eigenvalue weighted by Gasteiger charge is 2.31. The number of non-ortho nitro benzene ring substituents is 1. The topological polar surface area (TPSA) is 127 Å². The molecule has 0 unspecified atom stereocenters. The monoisotopic (exact) mass is 477 g/mol. The minimum absolute atomic E-state index is 0.0353. The number of hydrogen-bond acceptors (Lipinski definition) is 8. The molecule has 1 aliphatic heterocycles. The van der Waals surface area contributed by atoms with Crippen molar-refractivity contribution in [2.45, 2.75) is 18.4 Å². The summed E-state index contributed by atoms with van der Waals surface area (Å²) in [5.41, 5.74) is 0.999. The van der Waals surface area contributed by atoms with Crippen LogP contribution in [0.4, 0.5) is 5.69 Å². The SMILES string of the molecule is Cc1ccc([N+](=O)[O-])cc1S(=O)(=O)N1CCN(Cc2nnnn2-c2ccc(Cl)cc2)CC1. The van der Waals surface area contributed by atoms with Crippen LogP contribution in [0.2, 0.25) is 5.02 Å². The number of benzene rings is 2. The van der Waals surface area contributed by atoms with Gasteiger partial charge in [-0.15, -0.1) is 5.10 Å². The molecule has 1 aliphatic rings. The number of aryl methyl sites for hydroxylation is 1. The molecular formula is C19H20ClN7O4S. The Balaban J connectivity index is 1.45. The van der Waals surface area contributed by atoms with Gasteiger partial charge in [0.15, 0.2) is 5.82 Å². The van der Waals surface area contributed by atoms with Crippen molar-refractivity contribution in [3.8, 4) is 5.69 Å². The minimum Gasteiger partial charge on any atom is -0.293 e. The van der Waals surface area contributed by atoms with Gasteiger partial charge in [0.1, 0.15) is 0 Å². The van der Waals surface area contributed by atoms with Crippen LogP contribution in [-0.4, -0.2) is 68.9 Å². The van der Waals surface area contributed by atoms with Crippen molar-refractivity contribution >= 4 is 27.3 Å². The van der Waals surface area contributed by atoms with Gasteiger partial charge >= 0.3 is 0 Å². The Hall–Kier alpha value is -2.93. The van der Waals surface area contributed by atoms with Gasteiger partial charge in [0.05, 0.1) is 22.1 Å². The molecule has 0 amide bonds. The van der Waals surface area contributed by atoms with Gasteiger partial charge in [-0.3, -0.25) is 15.0 Å². The fourth-order valence-electron chi connectivity index (χ4n) is 3.53. The number of hydrogen-bond donors (Lipinski definition) is 0. The van der Waals surface area contributed by atoms with Crippen LogP contribution < -0.4 is 0 Å². The molecule has 168 valence electrons. The van der Waals surface area contributed by atoms with Gasteiger partial charge in [0.2, 0.25) is 10.0 Å². The Kier molecular flexibility index (Phi) is 6.20. The first kappa shape index (κ1) is 22.3. The summed E-state index contributed by atoms with van der Waals surface area (Å²) in [6, 6.07) is 11.0. The fraction of sp³-hybridized carbons (Fsp3) is 0.316. The molecule has 11 nitrogen and oxygen atoms in total. The van der Waals surface area contributed by atoms with Crippen LogP contribution in [0.15, 0.2) is 47.4 Å². The smallest absolute Gasteiger partial charge is 0.270 e. The maximum Gasteiger partial charge on any atom is 0.270 e. The maximum absolute atomic E-state index is 13.1. The number of aromatic nitrogens is 4. The van der Waals surface area contributed by atoms with E-state index in [-0.39, 0.29) is 23.7 Å². The Morgan fingerprint density at radius 3 is 2.44 bits per heavy atom. The highest BCUT2D eigenvalue weighted by atomic mass is 35.5. The Bertz CT molecular complexity index is 1240. The third kappa shape index (κ3) is 4.48. The number of sulfonamides is 1. The van der Waals surface area contributed by atoms with Crippen LogP contribution in [-0.2, 0) is 16.6 Å². The second-order valence-electron chi connectivity index (χ2n) is 7.37. The number of nitrogens with zero attached hydrogens (tertiary/aromatic N) is 7. The van der Waals surface area contributed by atoms with E-state index in [0.29, 0.717) is 36.0 Å². The lowest BCUT2D eigenvalue weighted by atomic mass is 10.2. The molecule has 0 radical (unpaired) electrons. The number of rotatable bonds is 6. The maximum atomic E-state index is 13.1. The molecule has 1 aromatic heterocycles. The number of nitro benzene ring substituents is 1. The largest absolute Gasteiger partial charge is 0.293 e. The molecule has 0 aliphatic carbocycles. The van der Waals surface area contributed by atoms with Gasteiger partial charge in [-0.1, -0.05) is 17.7 Å². The van der Waals surface area contributed by atoms with Crippen molar-refractivity contribution in [3.63, 3.8) is 0 Å². The Morgan fingerprint density at radius 1 is 1.09 bits per heavy atom. The van der Waals surface area contributed by atoms with Crippen LogP contribution >= 0.6 is 11.6 Å². The van der Waals surface area contributed by atoms with Crippen molar-refractivity contribution in [3.05, 3.63) is 69.0 Å². The van der Waals surface area contributed by atoms with E-state index >= 15 is 0 Å². The van der Waals surface area contributed by atoms with E-state index in [9.17, 15) is 18.5 Å². The summed E-state index contributed by atoms with van der Waals surface area (Å²) < 4.78 is 29.2. The van der Waals surface area contributed by atoms with E-state index < -0.39 is 14.9 Å². The predicted molar refractivity (Wildman–Crippen MR) is 116 cm³/mol. The van der Waals surface area contributed by atoms with Crippen LogP contribution in [0.1, 0.15) is 11.4 Å². The minimum atomic E-state index is -3.85. The summed E-state index contributed by atoms with van der Waals surface area (Å²) in [5.74, 6) is 0.623. The van der Waals surface area contributed by atoms with Gasteiger partial charge in [0, 0.05) is 43.3 Å². The van der Waals surface area contributed by atoms with Crippen LogP contribution in [0.5, 0.6) is 0 Å². The summed E-state index contributed by atoms with van der Waals surface area (Å²) in [5, 5.41) is 23.6. The molecular weight excluding hydrogens is 458 g/mol. The van der Waals surface area contributed by atoms with Crippen molar-refractivity contribution < 1.29 is 13.3 Å². The van der Waals surface area contributed by atoms with Crippen molar-refractivity contribution in [1.82, 2.24) is 29.4 Å². The Morgan fingerprint density at radius 2 is 1.78 bits per heavy atom. The van der Waals surface area contributed by atoms with E-state index in [2.05, 4.69) is 20.4 Å². The van der Waals surface area contributed by atoms with Crippen LogP contribution in [0.25, 0.3) is 5.69 Å². The lowest BCUT2D eigenvalue weighted by Crippen LogP contribution is -2.48. The molecule has 2 heterocycles. The third-order valence-electron chi connectivity index (χ3n) is 5.30. The molecule has 32 heavy (non-hydrogen) atoms. The summed E-state index contributed by atoms with van der Waals surface area (Å²) >= 11 is 5.94. The first-order valence-corrected chi connectivity index (χ1v) is 11.6. The van der Waals surface area contributed by atoms with E-state index in [1.165, 1.54) is 16.4 Å². The molecule has 1 fully saturated rings. The molecule has 4 rings (SSSR count). The highest BCUT2D eigenvalue weighted by Crippen LogP contribution is 2.26. The Labute approximate surface area is 189 Å². The highest BCUT2D eigenvalue weighted by molar-refractivity contribution is 7.89. The van der Waals surface area contributed by atoms with Crippen LogP contribution in [0.3, 0.4) is 0 Å². The standard InChI is InChI=1S/C19H20ClN7O4S/c1-14-2-5-17(27(28)29)12-18(14)32(30,31)25-10-8-24(9-11-25)13-19-21-22-23-26(19)16-6-3-15(20)4-7-16/h2-7,12H,8-11,13H2,1H3.